The molecule has 0 spiro atoms. The van der Waals surface area contributed by atoms with Crippen LogP contribution in [0, 0.1) is 6.92 Å². The summed E-state index contributed by atoms with van der Waals surface area (Å²) in [5.74, 6) is 2.39. The average Bonchev–Trinajstić information content (AvgIpc) is 2.91. The third-order valence-corrected chi connectivity index (χ3v) is 3.07. The monoisotopic (exact) mass is 289 g/mol. The van der Waals surface area contributed by atoms with Gasteiger partial charge < -0.3 is 25.4 Å². The minimum absolute atomic E-state index is 0.0254. The zero-order valence-corrected chi connectivity index (χ0v) is 12.1. The molecule has 2 aromatic rings. The van der Waals surface area contributed by atoms with Gasteiger partial charge in [-0.3, -0.25) is 0 Å². The molecule has 0 saturated heterocycles. The molecule has 0 aliphatic heterocycles. The highest BCUT2D eigenvalue weighted by Gasteiger charge is 2.08. The Labute approximate surface area is 123 Å². The van der Waals surface area contributed by atoms with Crippen LogP contribution in [-0.2, 0) is 13.1 Å². The van der Waals surface area contributed by atoms with Crippen LogP contribution in [-0.4, -0.2) is 18.2 Å². The van der Waals surface area contributed by atoms with Crippen molar-refractivity contribution in [1.82, 2.24) is 5.32 Å². The van der Waals surface area contributed by atoms with Crippen LogP contribution in [0.1, 0.15) is 22.6 Å². The SMILES string of the molecule is COc1cc(CNCc2ccc(C)o2)ccc1/C(N)=N/O. The van der Waals surface area contributed by atoms with Crippen molar-refractivity contribution in [2.24, 2.45) is 10.9 Å². The predicted octanol–water partition coefficient (Wildman–Crippen LogP) is 1.98. The highest BCUT2D eigenvalue weighted by atomic mass is 16.5. The van der Waals surface area contributed by atoms with Crippen LogP contribution in [0.15, 0.2) is 39.9 Å². The fraction of sp³-hybridized carbons (Fsp3) is 0.267. The van der Waals surface area contributed by atoms with Gasteiger partial charge in [0.05, 0.1) is 19.2 Å². The summed E-state index contributed by atoms with van der Waals surface area (Å²) in [4.78, 5) is 0. The molecular formula is C15H19N3O3. The van der Waals surface area contributed by atoms with Crippen molar-refractivity contribution >= 4 is 5.84 Å². The average molecular weight is 289 g/mol. The van der Waals surface area contributed by atoms with Crippen LogP contribution < -0.4 is 15.8 Å². The van der Waals surface area contributed by atoms with Crippen LogP contribution in [0.3, 0.4) is 0 Å². The van der Waals surface area contributed by atoms with Crippen molar-refractivity contribution in [2.75, 3.05) is 7.11 Å². The number of hydrogen-bond acceptors (Lipinski definition) is 5. The molecule has 21 heavy (non-hydrogen) atoms. The maximum atomic E-state index is 8.73. The van der Waals surface area contributed by atoms with E-state index < -0.39 is 0 Å². The number of rotatable bonds is 6. The number of benzene rings is 1. The number of nitrogens with one attached hydrogen (secondary N) is 1. The topological polar surface area (TPSA) is 93.0 Å². The van der Waals surface area contributed by atoms with Gasteiger partial charge >= 0.3 is 0 Å². The number of hydrogen-bond donors (Lipinski definition) is 3. The first-order valence-electron chi connectivity index (χ1n) is 6.55. The first-order valence-corrected chi connectivity index (χ1v) is 6.55. The van der Waals surface area contributed by atoms with E-state index in [1.807, 2.05) is 31.2 Å². The molecule has 0 aliphatic rings. The summed E-state index contributed by atoms with van der Waals surface area (Å²) in [6.07, 6.45) is 0. The second kappa shape index (κ2) is 6.81. The van der Waals surface area contributed by atoms with Gasteiger partial charge in [-0.1, -0.05) is 11.2 Å². The van der Waals surface area contributed by atoms with Crippen molar-refractivity contribution in [2.45, 2.75) is 20.0 Å². The van der Waals surface area contributed by atoms with E-state index in [0.29, 0.717) is 24.4 Å². The number of aryl methyl sites for hydroxylation is 1. The quantitative estimate of drug-likeness (QED) is 0.327. The molecule has 1 aromatic heterocycles. The standard InChI is InChI=1S/C15H19N3O3/c1-10-3-5-12(21-10)9-17-8-11-4-6-13(15(16)18-19)14(7-11)20-2/h3-7,17,19H,8-9H2,1-2H3,(H2,16,18). The molecule has 112 valence electrons. The number of amidine groups is 1. The molecule has 2 rings (SSSR count). The third kappa shape index (κ3) is 3.76. The van der Waals surface area contributed by atoms with Gasteiger partial charge in [0.25, 0.3) is 0 Å². The third-order valence-electron chi connectivity index (χ3n) is 3.07. The predicted molar refractivity (Wildman–Crippen MR) is 79.5 cm³/mol. The van der Waals surface area contributed by atoms with Crippen molar-refractivity contribution in [3.63, 3.8) is 0 Å². The van der Waals surface area contributed by atoms with Crippen molar-refractivity contribution in [3.8, 4) is 5.75 Å². The smallest absolute Gasteiger partial charge is 0.173 e. The highest BCUT2D eigenvalue weighted by molar-refractivity contribution is 5.99. The Morgan fingerprint density at radius 1 is 1.33 bits per heavy atom. The Balaban J connectivity index is 2.00. The van der Waals surface area contributed by atoms with Gasteiger partial charge in [0.1, 0.15) is 17.3 Å². The Kier molecular flexibility index (Phi) is 4.84. The summed E-state index contributed by atoms with van der Waals surface area (Å²) in [5, 5.41) is 15.0. The van der Waals surface area contributed by atoms with E-state index in [1.165, 1.54) is 0 Å². The maximum absolute atomic E-state index is 8.73. The van der Waals surface area contributed by atoms with Crippen LogP contribution in [0.2, 0.25) is 0 Å². The summed E-state index contributed by atoms with van der Waals surface area (Å²) in [7, 11) is 1.55. The van der Waals surface area contributed by atoms with Gasteiger partial charge in [-0.25, -0.2) is 0 Å². The minimum Gasteiger partial charge on any atom is -0.496 e. The molecular weight excluding hydrogens is 270 g/mol. The second-order valence-corrected chi connectivity index (χ2v) is 4.64. The number of methoxy groups -OCH3 is 1. The molecule has 0 amide bonds. The first kappa shape index (κ1) is 14.9. The van der Waals surface area contributed by atoms with E-state index in [1.54, 1.807) is 13.2 Å². The number of furan rings is 1. The molecule has 6 nitrogen and oxygen atoms in total. The molecule has 0 unspecified atom stereocenters. The first-order chi connectivity index (χ1) is 10.1. The largest absolute Gasteiger partial charge is 0.496 e. The molecule has 1 heterocycles. The molecule has 1 aromatic carbocycles. The summed E-state index contributed by atoms with van der Waals surface area (Å²) in [6.45, 7) is 3.23. The van der Waals surface area contributed by atoms with E-state index in [-0.39, 0.29) is 5.84 Å². The van der Waals surface area contributed by atoms with Gasteiger partial charge in [0.15, 0.2) is 5.84 Å². The minimum atomic E-state index is 0.0254. The van der Waals surface area contributed by atoms with E-state index >= 15 is 0 Å². The van der Waals surface area contributed by atoms with Crippen molar-refractivity contribution in [3.05, 3.63) is 53.0 Å². The lowest BCUT2D eigenvalue weighted by Crippen LogP contribution is -2.16. The lowest BCUT2D eigenvalue weighted by atomic mass is 10.1. The van der Waals surface area contributed by atoms with Crippen LogP contribution in [0.4, 0.5) is 0 Å². The Morgan fingerprint density at radius 2 is 2.14 bits per heavy atom. The normalized spacial score (nSPS) is 11.6. The number of nitrogens with zero attached hydrogens (tertiary/aromatic N) is 1. The molecule has 0 fully saturated rings. The molecule has 6 heteroatoms. The Morgan fingerprint density at radius 3 is 2.76 bits per heavy atom. The van der Waals surface area contributed by atoms with Crippen LogP contribution >= 0.6 is 0 Å². The van der Waals surface area contributed by atoms with Gasteiger partial charge in [0.2, 0.25) is 0 Å². The molecule has 0 bridgehead atoms. The molecule has 0 radical (unpaired) electrons. The van der Waals surface area contributed by atoms with Crippen LogP contribution in [0.25, 0.3) is 0 Å². The van der Waals surface area contributed by atoms with E-state index in [0.717, 1.165) is 17.1 Å². The zero-order valence-electron chi connectivity index (χ0n) is 12.1. The molecule has 4 N–H and O–H groups in total. The molecule has 0 aliphatic carbocycles. The maximum Gasteiger partial charge on any atom is 0.173 e. The van der Waals surface area contributed by atoms with Gasteiger partial charge in [-0.15, -0.1) is 0 Å². The number of ether oxygens (including phenoxy) is 1. The second-order valence-electron chi connectivity index (χ2n) is 4.64. The van der Waals surface area contributed by atoms with Crippen molar-refractivity contribution in [1.29, 1.82) is 0 Å². The summed E-state index contributed by atoms with van der Waals surface area (Å²) >= 11 is 0. The van der Waals surface area contributed by atoms with E-state index in [2.05, 4.69) is 10.5 Å². The number of oxime groups is 1. The van der Waals surface area contributed by atoms with Gasteiger partial charge in [-0.05, 0) is 36.8 Å². The highest BCUT2D eigenvalue weighted by Crippen LogP contribution is 2.20. The number of nitrogens with two attached hydrogens (primary N) is 1. The lowest BCUT2D eigenvalue weighted by Gasteiger charge is -2.10. The van der Waals surface area contributed by atoms with E-state index in [9.17, 15) is 0 Å². The van der Waals surface area contributed by atoms with Gasteiger partial charge in [0, 0.05) is 6.54 Å². The van der Waals surface area contributed by atoms with E-state index in [4.69, 9.17) is 20.1 Å². The Hall–Kier alpha value is -2.47. The fourth-order valence-electron chi connectivity index (χ4n) is 2.02. The molecule has 0 atom stereocenters. The van der Waals surface area contributed by atoms with Crippen LogP contribution in [0.5, 0.6) is 5.75 Å². The fourth-order valence-corrected chi connectivity index (χ4v) is 2.02. The zero-order chi connectivity index (χ0) is 15.2. The summed E-state index contributed by atoms with van der Waals surface area (Å²) < 4.78 is 10.7. The summed E-state index contributed by atoms with van der Waals surface area (Å²) in [6, 6.07) is 9.41. The van der Waals surface area contributed by atoms with Crippen molar-refractivity contribution < 1.29 is 14.4 Å². The summed E-state index contributed by atoms with van der Waals surface area (Å²) in [5.41, 5.74) is 7.18. The Bertz CT molecular complexity index is 635. The lowest BCUT2D eigenvalue weighted by molar-refractivity contribution is 0.318. The van der Waals surface area contributed by atoms with Gasteiger partial charge in [-0.2, -0.15) is 0 Å². The molecule has 0 saturated carbocycles.